The van der Waals surface area contributed by atoms with Crippen LogP contribution in [0, 0.1) is 11.8 Å². The number of carbonyl (C=O) groups is 1. The number of aliphatic hydroxyl groups excluding tert-OH is 1. The van der Waals surface area contributed by atoms with Gasteiger partial charge < -0.3 is 14.6 Å². The van der Waals surface area contributed by atoms with Gasteiger partial charge in [-0.15, -0.1) is 0 Å². The van der Waals surface area contributed by atoms with Crippen LogP contribution in [0.5, 0.6) is 11.5 Å². The molecule has 2 aromatic rings. The van der Waals surface area contributed by atoms with Crippen LogP contribution in [0.1, 0.15) is 43.2 Å². The maximum atomic E-state index is 12.7. The van der Waals surface area contributed by atoms with Gasteiger partial charge in [0.05, 0.1) is 19.1 Å². The van der Waals surface area contributed by atoms with Crippen LogP contribution in [-0.4, -0.2) is 42.3 Å². The van der Waals surface area contributed by atoms with Crippen molar-refractivity contribution >= 4 is 5.97 Å². The first-order chi connectivity index (χ1) is 15.2. The normalized spacial score (nSPS) is 19.2. The number of fused-ring (bicyclic) bond motifs is 1. The lowest BCUT2D eigenvalue weighted by molar-refractivity contribution is -0.141. The summed E-state index contributed by atoms with van der Waals surface area (Å²) in [6.45, 7) is 2.55. The number of carbonyl (C=O) groups excluding carboxylic acids is 1. The van der Waals surface area contributed by atoms with Gasteiger partial charge >= 0.3 is 5.97 Å². The molecular weight excluding hydrogens is 390 g/mol. The van der Waals surface area contributed by atoms with Gasteiger partial charge in [0.15, 0.2) is 0 Å². The smallest absolute Gasteiger partial charge is 0.315 e. The lowest BCUT2D eigenvalue weighted by Crippen LogP contribution is -2.39. The van der Waals surface area contributed by atoms with E-state index >= 15 is 0 Å². The van der Waals surface area contributed by atoms with Crippen LogP contribution in [-0.2, 0) is 17.8 Å². The Balaban J connectivity index is 1.43. The monoisotopic (exact) mass is 423 g/mol. The van der Waals surface area contributed by atoms with Crippen LogP contribution >= 0.6 is 0 Å². The Bertz CT molecular complexity index is 848. The molecule has 0 spiro atoms. The second-order valence-corrected chi connectivity index (χ2v) is 8.81. The average Bonchev–Trinajstić information content (AvgIpc) is 2.80. The molecule has 2 aromatic carbocycles. The van der Waals surface area contributed by atoms with Gasteiger partial charge in [-0.25, -0.2) is 0 Å². The predicted octanol–water partition coefficient (Wildman–Crippen LogP) is 4.22. The molecule has 5 nitrogen and oxygen atoms in total. The summed E-state index contributed by atoms with van der Waals surface area (Å²) in [7, 11) is 0. The highest BCUT2D eigenvalue weighted by Crippen LogP contribution is 2.36. The van der Waals surface area contributed by atoms with Gasteiger partial charge in [0.1, 0.15) is 11.5 Å². The molecule has 1 atom stereocenters. The summed E-state index contributed by atoms with van der Waals surface area (Å²) in [5.74, 6) is 1.61. The average molecular weight is 424 g/mol. The van der Waals surface area contributed by atoms with Gasteiger partial charge in [-0.05, 0) is 42.9 Å². The minimum absolute atomic E-state index is 0.0565. The molecule has 166 valence electrons. The Morgan fingerprint density at radius 1 is 1.03 bits per heavy atom. The third-order valence-corrected chi connectivity index (χ3v) is 6.43. The zero-order chi connectivity index (χ0) is 21.5. The lowest BCUT2D eigenvalue weighted by Gasteiger charge is -2.30. The van der Waals surface area contributed by atoms with E-state index in [0.29, 0.717) is 37.7 Å². The van der Waals surface area contributed by atoms with Crippen LogP contribution < -0.4 is 9.47 Å². The molecule has 1 N–H and O–H groups in total. The second-order valence-electron chi connectivity index (χ2n) is 8.81. The maximum Gasteiger partial charge on any atom is 0.315 e. The molecule has 1 heterocycles. The highest BCUT2D eigenvalue weighted by atomic mass is 16.5. The minimum Gasteiger partial charge on any atom is -0.493 e. The first-order valence-corrected chi connectivity index (χ1v) is 11.6. The molecule has 31 heavy (non-hydrogen) atoms. The first kappa shape index (κ1) is 21.8. The van der Waals surface area contributed by atoms with Gasteiger partial charge in [-0.1, -0.05) is 55.7 Å². The van der Waals surface area contributed by atoms with E-state index in [1.807, 2.05) is 36.4 Å². The molecule has 0 amide bonds. The van der Waals surface area contributed by atoms with Crippen LogP contribution in [0.15, 0.2) is 48.5 Å². The topological polar surface area (TPSA) is 59.0 Å². The summed E-state index contributed by atoms with van der Waals surface area (Å²) in [6, 6.07) is 15.9. The van der Waals surface area contributed by atoms with Crippen molar-refractivity contribution in [2.45, 2.75) is 45.1 Å². The van der Waals surface area contributed by atoms with Gasteiger partial charge in [-0.3, -0.25) is 9.69 Å². The molecule has 1 fully saturated rings. The molecule has 1 aliphatic heterocycles. The third kappa shape index (κ3) is 5.86. The van der Waals surface area contributed by atoms with Crippen LogP contribution in [0.2, 0.25) is 0 Å². The van der Waals surface area contributed by atoms with Crippen molar-refractivity contribution in [3.05, 3.63) is 59.7 Å². The molecule has 0 aromatic heterocycles. The summed E-state index contributed by atoms with van der Waals surface area (Å²) < 4.78 is 11.9. The van der Waals surface area contributed by atoms with E-state index in [4.69, 9.17) is 9.47 Å². The molecule has 1 aliphatic carbocycles. The Labute approximate surface area is 185 Å². The van der Waals surface area contributed by atoms with Crippen LogP contribution in [0.4, 0.5) is 0 Å². The number of hydrogen-bond acceptors (Lipinski definition) is 5. The summed E-state index contributed by atoms with van der Waals surface area (Å²) >= 11 is 0. The lowest BCUT2D eigenvalue weighted by atomic mass is 9.90. The fourth-order valence-corrected chi connectivity index (χ4v) is 4.73. The van der Waals surface area contributed by atoms with E-state index in [1.165, 1.54) is 32.1 Å². The highest BCUT2D eigenvalue weighted by molar-refractivity contribution is 5.79. The Kier molecular flexibility index (Phi) is 7.60. The molecule has 0 saturated heterocycles. The van der Waals surface area contributed by atoms with Crippen molar-refractivity contribution < 1.29 is 19.4 Å². The number of aliphatic hydroxyl groups is 1. The second kappa shape index (κ2) is 10.8. The van der Waals surface area contributed by atoms with Gasteiger partial charge in [-0.2, -0.15) is 0 Å². The van der Waals surface area contributed by atoms with Crippen LogP contribution in [0.3, 0.4) is 0 Å². The Morgan fingerprint density at radius 2 is 1.84 bits per heavy atom. The van der Waals surface area contributed by atoms with Crippen molar-refractivity contribution in [1.29, 1.82) is 0 Å². The number of rotatable bonds is 9. The number of nitrogens with zero attached hydrogens (tertiary/aromatic N) is 1. The standard InChI is InChI=1S/C26H33NO4/c28-15-14-27(17-20-8-3-1-4-9-20)18-22-16-23-24(12-7-13-25(23)31-26(22)29)30-19-21-10-5-2-6-11-21/h1,3-4,7-9,12-13,21-22,28H,2,5-6,10-11,14-19H2. The van der Waals surface area contributed by atoms with E-state index in [1.54, 1.807) is 0 Å². The Hall–Kier alpha value is -2.37. The quantitative estimate of drug-likeness (QED) is 0.483. The van der Waals surface area contributed by atoms with E-state index in [9.17, 15) is 9.90 Å². The SMILES string of the molecule is O=C1Oc2cccc(OCC3CCCCC3)c2CC1CN(CCO)Cc1ccccc1. The first-order valence-electron chi connectivity index (χ1n) is 11.6. The van der Waals surface area contributed by atoms with Crippen molar-refractivity contribution in [3.8, 4) is 11.5 Å². The molecule has 0 radical (unpaired) electrons. The molecule has 2 aliphatic rings. The fourth-order valence-electron chi connectivity index (χ4n) is 4.73. The molecule has 0 bridgehead atoms. The van der Waals surface area contributed by atoms with Crippen molar-refractivity contribution in [2.24, 2.45) is 11.8 Å². The minimum atomic E-state index is -0.276. The summed E-state index contributed by atoms with van der Waals surface area (Å²) in [4.78, 5) is 14.8. The zero-order valence-corrected chi connectivity index (χ0v) is 18.2. The molecule has 5 heteroatoms. The van der Waals surface area contributed by atoms with Crippen LogP contribution in [0.25, 0.3) is 0 Å². The summed E-state index contributed by atoms with van der Waals surface area (Å²) in [5, 5.41) is 9.53. The van der Waals surface area contributed by atoms with Crippen molar-refractivity contribution in [1.82, 2.24) is 4.90 Å². The van der Waals surface area contributed by atoms with Gasteiger partial charge in [0.25, 0.3) is 0 Å². The number of benzene rings is 2. The molecule has 1 saturated carbocycles. The van der Waals surface area contributed by atoms with Gasteiger partial charge in [0, 0.05) is 25.2 Å². The molecular formula is C26H33NO4. The molecule has 1 unspecified atom stereocenters. The number of hydrogen-bond donors (Lipinski definition) is 1. The van der Waals surface area contributed by atoms with E-state index in [-0.39, 0.29) is 18.5 Å². The number of esters is 1. The molecule has 4 rings (SSSR count). The van der Waals surface area contributed by atoms with Gasteiger partial charge in [0.2, 0.25) is 0 Å². The summed E-state index contributed by atoms with van der Waals surface area (Å²) in [6.07, 6.45) is 7.00. The largest absolute Gasteiger partial charge is 0.493 e. The highest BCUT2D eigenvalue weighted by Gasteiger charge is 2.32. The maximum absolute atomic E-state index is 12.7. The van der Waals surface area contributed by atoms with E-state index in [2.05, 4.69) is 17.0 Å². The van der Waals surface area contributed by atoms with Crippen molar-refractivity contribution in [3.63, 3.8) is 0 Å². The zero-order valence-electron chi connectivity index (χ0n) is 18.2. The third-order valence-electron chi connectivity index (χ3n) is 6.43. The van der Waals surface area contributed by atoms with E-state index in [0.717, 1.165) is 23.5 Å². The Morgan fingerprint density at radius 3 is 2.61 bits per heavy atom. The van der Waals surface area contributed by atoms with Crippen molar-refractivity contribution in [2.75, 3.05) is 26.3 Å². The fraction of sp³-hybridized carbons (Fsp3) is 0.500. The summed E-state index contributed by atoms with van der Waals surface area (Å²) in [5.41, 5.74) is 2.16. The van der Waals surface area contributed by atoms with E-state index < -0.39 is 0 Å². The predicted molar refractivity (Wildman–Crippen MR) is 120 cm³/mol. The number of ether oxygens (including phenoxy) is 2.